The highest BCUT2D eigenvalue weighted by atomic mass is 35.5. The highest BCUT2D eigenvalue weighted by Gasteiger charge is 2.21. The van der Waals surface area contributed by atoms with Gasteiger partial charge in [-0.25, -0.2) is 0 Å². The van der Waals surface area contributed by atoms with Crippen LogP contribution in [0.2, 0.25) is 10.0 Å². The van der Waals surface area contributed by atoms with Crippen LogP contribution in [0.4, 0.5) is 5.69 Å². The smallest absolute Gasteiger partial charge is 0.287 e. The average molecular weight is 421 g/mol. The lowest BCUT2D eigenvalue weighted by Crippen LogP contribution is -2.22. The molecule has 3 rings (SSSR count). The largest absolute Gasteiger partial charge is 0.497 e. The number of nitrogens with one attached hydrogen (secondary N) is 1. The number of nitro benzene ring substituents is 1. The molecule has 0 aliphatic heterocycles. The maximum atomic E-state index is 12.4. The van der Waals surface area contributed by atoms with Crippen molar-refractivity contribution in [2.45, 2.75) is 6.54 Å². The van der Waals surface area contributed by atoms with Crippen LogP contribution < -0.4 is 10.1 Å². The van der Waals surface area contributed by atoms with Crippen LogP contribution in [0.25, 0.3) is 11.3 Å². The van der Waals surface area contributed by atoms with E-state index in [0.717, 1.165) is 0 Å². The van der Waals surface area contributed by atoms with Gasteiger partial charge in [-0.05, 0) is 36.4 Å². The zero-order valence-corrected chi connectivity index (χ0v) is 16.1. The Labute approximate surface area is 170 Å². The van der Waals surface area contributed by atoms with E-state index < -0.39 is 10.8 Å². The van der Waals surface area contributed by atoms with Crippen molar-refractivity contribution in [2.75, 3.05) is 7.11 Å². The fourth-order valence-electron chi connectivity index (χ4n) is 2.56. The molecule has 3 aromatic rings. The first kappa shape index (κ1) is 19.7. The van der Waals surface area contributed by atoms with Gasteiger partial charge in [0.25, 0.3) is 11.6 Å². The SMILES string of the molecule is COc1ccc(-c2ccc(C(=O)NCc3c(Cl)cccc3Cl)o2)c([N+](=O)[O-])c1. The highest BCUT2D eigenvalue weighted by molar-refractivity contribution is 6.36. The molecule has 1 N–H and O–H groups in total. The maximum absolute atomic E-state index is 12.4. The topological polar surface area (TPSA) is 94.6 Å². The minimum Gasteiger partial charge on any atom is -0.497 e. The Bertz CT molecular complexity index is 1030. The summed E-state index contributed by atoms with van der Waals surface area (Å²) in [4.78, 5) is 23.1. The molecule has 28 heavy (non-hydrogen) atoms. The summed E-state index contributed by atoms with van der Waals surface area (Å²) in [5.74, 6) is 0.0357. The zero-order valence-electron chi connectivity index (χ0n) is 14.6. The summed E-state index contributed by atoms with van der Waals surface area (Å²) in [6.07, 6.45) is 0. The van der Waals surface area contributed by atoms with Crippen molar-refractivity contribution in [3.05, 3.63) is 80.0 Å². The third kappa shape index (κ3) is 4.11. The molecular formula is C19H14Cl2N2O5. The second-order valence-electron chi connectivity index (χ2n) is 5.69. The normalized spacial score (nSPS) is 10.5. The number of halogens is 2. The molecule has 0 atom stereocenters. The molecule has 0 spiro atoms. The molecule has 0 aliphatic carbocycles. The standard InChI is InChI=1S/C19H14Cl2N2O5/c1-27-11-5-6-12(16(9-11)23(25)26)17-7-8-18(28-17)19(24)22-10-13-14(20)3-2-4-15(13)21/h2-9H,10H2,1H3,(H,22,24). The summed E-state index contributed by atoms with van der Waals surface area (Å²) in [5, 5.41) is 14.9. The number of hydrogen-bond donors (Lipinski definition) is 1. The Kier molecular flexibility index (Phi) is 5.87. The Hall–Kier alpha value is -3.03. The van der Waals surface area contributed by atoms with Crippen LogP contribution in [0.15, 0.2) is 52.9 Å². The molecule has 0 saturated carbocycles. The molecular weight excluding hydrogens is 407 g/mol. The number of benzene rings is 2. The van der Waals surface area contributed by atoms with E-state index in [1.54, 1.807) is 24.3 Å². The second kappa shape index (κ2) is 8.33. The average Bonchev–Trinajstić information content (AvgIpc) is 3.17. The van der Waals surface area contributed by atoms with Gasteiger partial charge in [-0.2, -0.15) is 0 Å². The number of rotatable bonds is 6. The Balaban J connectivity index is 1.81. The molecule has 9 heteroatoms. The summed E-state index contributed by atoms with van der Waals surface area (Å²) in [6.45, 7) is 0.107. The van der Waals surface area contributed by atoms with Crippen LogP contribution in [0.3, 0.4) is 0 Å². The van der Waals surface area contributed by atoms with E-state index in [4.69, 9.17) is 32.4 Å². The van der Waals surface area contributed by atoms with Crippen molar-refractivity contribution in [3.63, 3.8) is 0 Å². The molecule has 0 aliphatic rings. The predicted octanol–water partition coefficient (Wildman–Crippen LogP) is 5.10. The molecule has 0 radical (unpaired) electrons. The molecule has 7 nitrogen and oxygen atoms in total. The summed E-state index contributed by atoms with van der Waals surface area (Å²) in [6, 6.07) is 12.3. The number of hydrogen-bond acceptors (Lipinski definition) is 5. The lowest BCUT2D eigenvalue weighted by molar-refractivity contribution is -0.384. The quantitative estimate of drug-likeness (QED) is 0.442. The molecule has 0 fully saturated rings. The van der Waals surface area contributed by atoms with Gasteiger partial charge < -0.3 is 14.5 Å². The number of ether oxygens (including phenoxy) is 1. The Morgan fingerprint density at radius 3 is 2.54 bits per heavy atom. The van der Waals surface area contributed by atoms with E-state index in [1.165, 1.54) is 31.4 Å². The van der Waals surface area contributed by atoms with Gasteiger partial charge in [-0.15, -0.1) is 0 Å². The third-order valence-corrected chi connectivity index (χ3v) is 4.69. The van der Waals surface area contributed by atoms with Gasteiger partial charge in [0.1, 0.15) is 11.5 Å². The van der Waals surface area contributed by atoms with Gasteiger partial charge in [-0.1, -0.05) is 29.3 Å². The predicted molar refractivity (Wildman–Crippen MR) is 105 cm³/mol. The van der Waals surface area contributed by atoms with E-state index in [0.29, 0.717) is 21.4 Å². The van der Waals surface area contributed by atoms with Crippen LogP contribution in [-0.4, -0.2) is 17.9 Å². The molecule has 1 heterocycles. The number of carbonyl (C=O) groups is 1. The van der Waals surface area contributed by atoms with Gasteiger partial charge >= 0.3 is 0 Å². The minimum atomic E-state index is -0.542. The van der Waals surface area contributed by atoms with E-state index in [1.807, 2.05) is 0 Å². The van der Waals surface area contributed by atoms with Crippen molar-refractivity contribution in [2.24, 2.45) is 0 Å². The van der Waals surface area contributed by atoms with E-state index in [2.05, 4.69) is 5.32 Å². The van der Waals surface area contributed by atoms with E-state index >= 15 is 0 Å². The number of nitrogens with zero attached hydrogens (tertiary/aromatic N) is 1. The van der Waals surface area contributed by atoms with Crippen LogP contribution in [-0.2, 0) is 6.54 Å². The molecule has 1 amide bonds. The van der Waals surface area contributed by atoms with Crippen molar-refractivity contribution in [3.8, 4) is 17.1 Å². The molecule has 0 saturated heterocycles. The minimum absolute atomic E-state index is 0.00305. The number of amides is 1. The van der Waals surface area contributed by atoms with Gasteiger partial charge in [0.2, 0.25) is 0 Å². The van der Waals surface area contributed by atoms with Crippen molar-refractivity contribution in [1.82, 2.24) is 5.32 Å². The molecule has 0 bridgehead atoms. The van der Waals surface area contributed by atoms with Crippen LogP contribution >= 0.6 is 23.2 Å². The molecule has 144 valence electrons. The van der Waals surface area contributed by atoms with E-state index in [9.17, 15) is 14.9 Å². The molecule has 2 aromatic carbocycles. The van der Waals surface area contributed by atoms with Gasteiger partial charge in [-0.3, -0.25) is 14.9 Å². The van der Waals surface area contributed by atoms with Crippen molar-refractivity contribution in [1.29, 1.82) is 0 Å². The van der Waals surface area contributed by atoms with Crippen LogP contribution in [0, 0.1) is 10.1 Å². The van der Waals surface area contributed by atoms with Crippen molar-refractivity contribution >= 4 is 34.8 Å². The lowest BCUT2D eigenvalue weighted by atomic mass is 10.1. The maximum Gasteiger partial charge on any atom is 0.287 e. The summed E-state index contributed by atoms with van der Waals surface area (Å²) >= 11 is 12.2. The first-order chi connectivity index (χ1) is 13.4. The lowest BCUT2D eigenvalue weighted by Gasteiger charge is -2.07. The Morgan fingerprint density at radius 2 is 1.89 bits per heavy atom. The zero-order chi connectivity index (χ0) is 20.3. The molecule has 1 aromatic heterocycles. The Morgan fingerprint density at radius 1 is 1.18 bits per heavy atom. The number of nitro groups is 1. The first-order valence-corrected chi connectivity index (χ1v) is 8.80. The fourth-order valence-corrected chi connectivity index (χ4v) is 3.09. The van der Waals surface area contributed by atoms with Crippen LogP contribution in [0.1, 0.15) is 16.1 Å². The fraction of sp³-hybridized carbons (Fsp3) is 0.105. The number of furan rings is 1. The second-order valence-corrected chi connectivity index (χ2v) is 6.50. The number of methoxy groups -OCH3 is 1. The highest BCUT2D eigenvalue weighted by Crippen LogP contribution is 2.34. The number of carbonyl (C=O) groups excluding carboxylic acids is 1. The molecule has 0 unspecified atom stereocenters. The van der Waals surface area contributed by atoms with Crippen molar-refractivity contribution < 1.29 is 18.9 Å². The summed E-state index contributed by atoms with van der Waals surface area (Å²) in [5.41, 5.74) is 0.624. The van der Waals surface area contributed by atoms with Gasteiger partial charge in [0.05, 0.1) is 23.7 Å². The summed E-state index contributed by atoms with van der Waals surface area (Å²) < 4.78 is 10.5. The third-order valence-electron chi connectivity index (χ3n) is 3.98. The first-order valence-electron chi connectivity index (χ1n) is 8.04. The van der Waals surface area contributed by atoms with Gasteiger partial charge in [0, 0.05) is 22.2 Å². The van der Waals surface area contributed by atoms with Gasteiger partial charge in [0.15, 0.2) is 5.76 Å². The monoisotopic (exact) mass is 420 g/mol. The van der Waals surface area contributed by atoms with E-state index in [-0.39, 0.29) is 29.3 Å². The summed E-state index contributed by atoms with van der Waals surface area (Å²) in [7, 11) is 1.42. The van der Waals surface area contributed by atoms with Crippen LogP contribution in [0.5, 0.6) is 5.75 Å².